The Morgan fingerprint density at radius 3 is 2.74 bits per heavy atom. The molecule has 0 radical (unpaired) electrons. The number of carboxylic acid groups (broad SMARTS) is 1. The maximum absolute atomic E-state index is 11.2. The molecule has 2 unspecified atom stereocenters. The third-order valence-electron chi connectivity index (χ3n) is 5.71. The van der Waals surface area contributed by atoms with E-state index in [9.17, 15) is 9.90 Å². The van der Waals surface area contributed by atoms with Crippen LogP contribution < -0.4 is 0 Å². The number of hydrogen-bond acceptors (Lipinski definition) is 1. The highest BCUT2D eigenvalue weighted by atomic mass is 16.4. The van der Waals surface area contributed by atoms with Crippen molar-refractivity contribution in [1.82, 2.24) is 0 Å². The number of allylic oxidation sites excluding steroid dienone is 2. The van der Waals surface area contributed by atoms with Gasteiger partial charge in [0.05, 0.1) is 5.92 Å². The van der Waals surface area contributed by atoms with Gasteiger partial charge in [-0.1, -0.05) is 45.8 Å². The van der Waals surface area contributed by atoms with Crippen LogP contribution in [-0.4, -0.2) is 11.1 Å². The van der Waals surface area contributed by atoms with E-state index in [2.05, 4.69) is 33.8 Å². The van der Waals surface area contributed by atoms with Crippen LogP contribution in [0, 0.1) is 29.1 Å². The second-order valence-corrected chi connectivity index (χ2v) is 7.10. The molecule has 2 heteroatoms. The molecule has 0 aliphatic heterocycles. The molecule has 108 valence electrons. The molecule has 0 aromatic heterocycles. The molecule has 2 rings (SSSR count). The molecule has 0 aromatic carbocycles. The first-order chi connectivity index (χ1) is 8.90. The van der Waals surface area contributed by atoms with E-state index in [1.54, 1.807) is 0 Å². The van der Waals surface area contributed by atoms with Crippen molar-refractivity contribution < 1.29 is 9.90 Å². The van der Waals surface area contributed by atoms with E-state index in [0.29, 0.717) is 11.8 Å². The topological polar surface area (TPSA) is 37.3 Å². The quantitative estimate of drug-likeness (QED) is 0.762. The van der Waals surface area contributed by atoms with Gasteiger partial charge in [0.2, 0.25) is 0 Å². The van der Waals surface area contributed by atoms with E-state index in [-0.39, 0.29) is 11.3 Å². The van der Waals surface area contributed by atoms with Crippen LogP contribution in [0.1, 0.15) is 59.8 Å². The van der Waals surface area contributed by atoms with Crippen molar-refractivity contribution in [2.45, 2.75) is 59.8 Å². The average Bonchev–Trinajstić information content (AvgIpc) is 2.35. The zero-order valence-corrected chi connectivity index (χ0v) is 12.8. The summed E-state index contributed by atoms with van der Waals surface area (Å²) in [5.41, 5.74) is 1.69. The van der Waals surface area contributed by atoms with E-state index >= 15 is 0 Å². The summed E-state index contributed by atoms with van der Waals surface area (Å²) in [7, 11) is 0. The Morgan fingerprint density at radius 1 is 1.53 bits per heavy atom. The predicted molar refractivity (Wildman–Crippen MR) is 77.9 cm³/mol. The fourth-order valence-corrected chi connectivity index (χ4v) is 4.80. The van der Waals surface area contributed by atoms with Gasteiger partial charge in [-0.3, -0.25) is 4.79 Å². The fourth-order valence-electron chi connectivity index (χ4n) is 4.80. The smallest absolute Gasteiger partial charge is 0.306 e. The van der Waals surface area contributed by atoms with Crippen LogP contribution >= 0.6 is 0 Å². The Hall–Kier alpha value is -0.790. The SMILES string of the molecule is CCC1CC=C2C[C@@H](C(=O)O)CC[C@]2(C)C1C(C)C. The lowest BCUT2D eigenvalue weighted by Crippen LogP contribution is -2.44. The normalized spacial score (nSPS) is 38.8. The highest BCUT2D eigenvalue weighted by Gasteiger charge is 2.48. The van der Waals surface area contributed by atoms with Crippen LogP contribution in [0.15, 0.2) is 11.6 Å². The zero-order valence-electron chi connectivity index (χ0n) is 12.8. The van der Waals surface area contributed by atoms with Crippen molar-refractivity contribution in [1.29, 1.82) is 0 Å². The molecule has 4 atom stereocenters. The van der Waals surface area contributed by atoms with Gasteiger partial charge in [0.25, 0.3) is 0 Å². The molecular formula is C17H28O2. The summed E-state index contributed by atoms with van der Waals surface area (Å²) in [6, 6.07) is 0. The van der Waals surface area contributed by atoms with Gasteiger partial charge in [-0.2, -0.15) is 0 Å². The molecule has 0 spiro atoms. The molecule has 2 aliphatic carbocycles. The minimum absolute atomic E-state index is 0.148. The second-order valence-electron chi connectivity index (χ2n) is 7.10. The lowest BCUT2D eigenvalue weighted by molar-refractivity contribution is -0.143. The summed E-state index contributed by atoms with van der Waals surface area (Å²) in [5, 5.41) is 9.26. The Balaban J connectivity index is 2.30. The predicted octanol–water partition coefficient (Wildman–Crippen LogP) is 4.51. The summed E-state index contributed by atoms with van der Waals surface area (Å²) in [6.07, 6.45) is 7.45. The summed E-state index contributed by atoms with van der Waals surface area (Å²) >= 11 is 0. The van der Waals surface area contributed by atoms with Gasteiger partial charge >= 0.3 is 5.97 Å². The van der Waals surface area contributed by atoms with Crippen LogP contribution in [0.5, 0.6) is 0 Å². The third kappa shape index (κ3) is 2.46. The standard InChI is InChI=1S/C17H28O2/c1-5-12-6-7-14-10-13(16(18)19)8-9-17(14,4)15(12)11(2)3/h7,11-13,15H,5-6,8-10H2,1-4H3,(H,18,19)/t12?,13-,15?,17-/m0/s1. The summed E-state index contributed by atoms with van der Waals surface area (Å²) < 4.78 is 0. The largest absolute Gasteiger partial charge is 0.481 e. The Labute approximate surface area is 117 Å². The minimum atomic E-state index is -0.610. The van der Waals surface area contributed by atoms with E-state index in [1.807, 2.05) is 0 Å². The van der Waals surface area contributed by atoms with E-state index in [4.69, 9.17) is 0 Å². The highest BCUT2D eigenvalue weighted by Crippen LogP contribution is 2.56. The maximum atomic E-state index is 11.2. The summed E-state index contributed by atoms with van der Waals surface area (Å²) in [5.74, 6) is 1.41. The molecule has 19 heavy (non-hydrogen) atoms. The van der Waals surface area contributed by atoms with Gasteiger partial charge < -0.3 is 5.11 Å². The van der Waals surface area contributed by atoms with Gasteiger partial charge in [0.15, 0.2) is 0 Å². The van der Waals surface area contributed by atoms with E-state index < -0.39 is 5.97 Å². The fraction of sp³-hybridized carbons (Fsp3) is 0.824. The number of carbonyl (C=O) groups is 1. The molecule has 1 N–H and O–H groups in total. The number of hydrogen-bond donors (Lipinski definition) is 1. The van der Waals surface area contributed by atoms with Gasteiger partial charge in [-0.25, -0.2) is 0 Å². The van der Waals surface area contributed by atoms with Gasteiger partial charge in [0, 0.05) is 0 Å². The molecule has 0 saturated heterocycles. The number of carboxylic acids is 1. The minimum Gasteiger partial charge on any atom is -0.481 e. The molecule has 0 heterocycles. The van der Waals surface area contributed by atoms with Crippen LogP contribution in [0.4, 0.5) is 0 Å². The number of fused-ring (bicyclic) bond motifs is 1. The molecule has 1 saturated carbocycles. The summed E-state index contributed by atoms with van der Waals surface area (Å²) in [6.45, 7) is 9.37. The van der Waals surface area contributed by atoms with Gasteiger partial charge in [-0.15, -0.1) is 0 Å². The molecule has 0 aromatic rings. The van der Waals surface area contributed by atoms with Crippen LogP contribution in [0.3, 0.4) is 0 Å². The Kier molecular flexibility index (Phi) is 4.08. The molecule has 0 amide bonds. The lowest BCUT2D eigenvalue weighted by atomic mass is 9.52. The average molecular weight is 264 g/mol. The molecule has 1 fully saturated rings. The molecule has 0 bridgehead atoms. The third-order valence-corrected chi connectivity index (χ3v) is 5.71. The molecule has 2 aliphatic rings. The van der Waals surface area contributed by atoms with Crippen LogP contribution in [-0.2, 0) is 4.79 Å². The Bertz CT molecular complexity index is 383. The van der Waals surface area contributed by atoms with Crippen molar-refractivity contribution in [3.05, 3.63) is 11.6 Å². The monoisotopic (exact) mass is 264 g/mol. The molecular weight excluding hydrogens is 236 g/mol. The maximum Gasteiger partial charge on any atom is 0.306 e. The van der Waals surface area contributed by atoms with Crippen molar-refractivity contribution in [3.8, 4) is 0 Å². The molecule has 2 nitrogen and oxygen atoms in total. The van der Waals surface area contributed by atoms with E-state index in [1.165, 1.54) is 12.0 Å². The van der Waals surface area contributed by atoms with Crippen LogP contribution in [0.25, 0.3) is 0 Å². The van der Waals surface area contributed by atoms with Gasteiger partial charge in [0.1, 0.15) is 0 Å². The summed E-state index contributed by atoms with van der Waals surface area (Å²) in [4.78, 5) is 11.2. The lowest BCUT2D eigenvalue weighted by Gasteiger charge is -2.52. The second kappa shape index (κ2) is 5.30. The van der Waals surface area contributed by atoms with Gasteiger partial charge in [-0.05, 0) is 48.9 Å². The highest BCUT2D eigenvalue weighted by molar-refractivity contribution is 5.70. The Morgan fingerprint density at radius 2 is 2.21 bits per heavy atom. The zero-order chi connectivity index (χ0) is 14.2. The van der Waals surface area contributed by atoms with E-state index in [0.717, 1.165) is 31.6 Å². The van der Waals surface area contributed by atoms with Crippen molar-refractivity contribution in [2.24, 2.45) is 29.1 Å². The van der Waals surface area contributed by atoms with Crippen molar-refractivity contribution >= 4 is 5.97 Å². The van der Waals surface area contributed by atoms with Crippen LogP contribution in [0.2, 0.25) is 0 Å². The first kappa shape index (κ1) is 14.6. The first-order valence-corrected chi connectivity index (χ1v) is 7.82. The first-order valence-electron chi connectivity index (χ1n) is 7.82. The number of rotatable bonds is 3. The van der Waals surface area contributed by atoms with Crippen molar-refractivity contribution in [2.75, 3.05) is 0 Å². The van der Waals surface area contributed by atoms with Crippen molar-refractivity contribution in [3.63, 3.8) is 0 Å². The number of aliphatic carboxylic acids is 1.